The molecule has 2 amide bonds. The van der Waals surface area contributed by atoms with Gasteiger partial charge in [0, 0.05) is 6.54 Å². The summed E-state index contributed by atoms with van der Waals surface area (Å²) in [5, 5.41) is 14.6. The van der Waals surface area contributed by atoms with Gasteiger partial charge in [-0.3, -0.25) is 5.32 Å². The number of ether oxygens (including phenoxy) is 1. The first-order valence-corrected chi connectivity index (χ1v) is 7.83. The van der Waals surface area contributed by atoms with Gasteiger partial charge in [-0.2, -0.15) is 4.37 Å². The van der Waals surface area contributed by atoms with Crippen molar-refractivity contribution in [3.8, 4) is 5.88 Å². The summed E-state index contributed by atoms with van der Waals surface area (Å²) in [4.78, 5) is 23.2. The van der Waals surface area contributed by atoms with Crippen molar-refractivity contribution >= 4 is 28.5 Å². The van der Waals surface area contributed by atoms with Crippen molar-refractivity contribution < 1.29 is 19.4 Å². The highest BCUT2D eigenvalue weighted by Crippen LogP contribution is 2.30. The fourth-order valence-corrected chi connectivity index (χ4v) is 2.49. The van der Waals surface area contributed by atoms with Crippen LogP contribution in [0.4, 0.5) is 9.80 Å². The minimum absolute atomic E-state index is 0.0303. The molecule has 1 aromatic carbocycles. The highest BCUT2D eigenvalue weighted by molar-refractivity contribution is 7.11. The van der Waals surface area contributed by atoms with E-state index in [4.69, 9.17) is 4.74 Å². The van der Waals surface area contributed by atoms with E-state index in [0.29, 0.717) is 13.2 Å². The molecule has 0 radical (unpaired) electrons. The molecule has 0 aliphatic heterocycles. The highest BCUT2D eigenvalue weighted by Gasteiger charge is 2.23. The number of anilines is 1. The Morgan fingerprint density at radius 2 is 2.04 bits per heavy atom. The summed E-state index contributed by atoms with van der Waals surface area (Å²) in [7, 11) is 0. The summed E-state index contributed by atoms with van der Waals surface area (Å²) in [6.45, 7) is 2.61. The maximum absolute atomic E-state index is 11.9. The van der Waals surface area contributed by atoms with Crippen LogP contribution in [0.1, 0.15) is 29.3 Å². The lowest BCUT2D eigenvalue weighted by atomic mass is 10.2. The summed E-state index contributed by atoms with van der Waals surface area (Å²) in [5.41, 5.74) is 0.815. The van der Waals surface area contributed by atoms with E-state index in [9.17, 15) is 14.7 Å². The Labute approximate surface area is 137 Å². The largest absolute Gasteiger partial charge is 0.477 e. The smallest absolute Gasteiger partial charge is 0.344 e. The number of carbonyl (C=O) groups is 2. The first-order chi connectivity index (χ1) is 11.1. The molecule has 7 nitrogen and oxygen atoms in total. The summed E-state index contributed by atoms with van der Waals surface area (Å²) < 4.78 is 9.23. The molecule has 0 fully saturated rings. The predicted molar refractivity (Wildman–Crippen MR) is 87.2 cm³/mol. The molecule has 0 bridgehead atoms. The zero-order valence-corrected chi connectivity index (χ0v) is 13.4. The molecular formula is C15H17N3O4S. The number of amides is 2. The first kappa shape index (κ1) is 16.8. The van der Waals surface area contributed by atoms with E-state index in [1.165, 1.54) is 0 Å². The minimum atomic E-state index is -1.19. The van der Waals surface area contributed by atoms with Crippen LogP contribution in [0.15, 0.2) is 30.3 Å². The van der Waals surface area contributed by atoms with E-state index in [1.54, 1.807) is 0 Å². The Balaban J connectivity index is 2.00. The molecule has 0 aliphatic carbocycles. The molecule has 0 spiro atoms. The maximum atomic E-state index is 11.9. The number of rotatable bonds is 7. The molecule has 122 valence electrons. The summed E-state index contributed by atoms with van der Waals surface area (Å²) in [5.74, 6) is -1.16. The number of carboxylic acid groups (broad SMARTS) is 1. The van der Waals surface area contributed by atoms with Gasteiger partial charge >= 0.3 is 12.0 Å². The molecule has 1 aromatic heterocycles. The average molecular weight is 335 g/mol. The van der Waals surface area contributed by atoms with Crippen molar-refractivity contribution in [1.82, 2.24) is 9.69 Å². The SMILES string of the molecule is CCCOc1nsc(NC(=O)NCc2ccccc2)c1C(=O)O. The van der Waals surface area contributed by atoms with Gasteiger partial charge in [0.1, 0.15) is 5.00 Å². The Morgan fingerprint density at radius 1 is 1.30 bits per heavy atom. The van der Waals surface area contributed by atoms with Gasteiger partial charge in [0.15, 0.2) is 5.56 Å². The number of hydrogen-bond donors (Lipinski definition) is 3. The van der Waals surface area contributed by atoms with E-state index >= 15 is 0 Å². The second kappa shape index (κ2) is 8.14. The van der Waals surface area contributed by atoms with E-state index in [2.05, 4.69) is 15.0 Å². The topological polar surface area (TPSA) is 101 Å². The standard InChI is InChI=1S/C15H17N3O4S/c1-2-8-22-12-11(14(19)20)13(23-18-12)17-15(21)16-9-10-6-4-3-5-7-10/h3-7H,2,8-9H2,1H3,(H,19,20)(H2,16,17,21). The zero-order chi connectivity index (χ0) is 16.7. The van der Waals surface area contributed by atoms with Gasteiger partial charge in [0.05, 0.1) is 6.61 Å². The van der Waals surface area contributed by atoms with E-state index in [-0.39, 0.29) is 16.4 Å². The van der Waals surface area contributed by atoms with Gasteiger partial charge in [-0.25, -0.2) is 9.59 Å². The number of urea groups is 1. The van der Waals surface area contributed by atoms with Crippen molar-refractivity contribution in [2.45, 2.75) is 19.9 Å². The van der Waals surface area contributed by atoms with Crippen LogP contribution >= 0.6 is 11.5 Å². The van der Waals surface area contributed by atoms with Crippen LogP contribution in [-0.4, -0.2) is 28.1 Å². The zero-order valence-electron chi connectivity index (χ0n) is 12.5. The molecule has 23 heavy (non-hydrogen) atoms. The van der Waals surface area contributed by atoms with Crippen LogP contribution in [0.5, 0.6) is 5.88 Å². The lowest BCUT2D eigenvalue weighted by molar-refractivity contribution is 0.0693. The monoisotopic (exact) mass is 335 g/mol. The van der Waals surface area contributed by atoms with Crippen molar-refractivity contribution in [3.63, 3.8) is 0 Å². The normalized spacial score (nSPS) is 10.1. The Morgan fingerprint density at radius 3 is 2.70 bits per heavy atom. The molecule has 2 rings (SSSR count). The molecule has 0 atom stereocenters. The van der Waals surface area contributed by atoms with Crippen molar-refractivity contribution in [2.75, 3.05) is 11.9 Å². The van der Waals surface area contributed by atoms with Crippen molar-refractivity contribution in [1.29, 1.82) is 0 Å². The van der Waals surface area contributed by atoms with Crippen molar-refractivity contribution in [3.05, 3.63) is 41.5 Å². The van der Waals surface area contributed by atoms with E-state index in [0.717, 1.165) is 23.5 Å². The van der Waals surface area contributed by atoms with Gasteiger partial charge < -0.3 is 15.2 Å². The molecule has 0 saturated heterocycles. The number of benzene rings is 1. The Bertz CT molecular complexity index is 673. The van der Waals surface area contributed by atoms with Gasteiger partial charge in [-0.1, -0.05) is 37.3 Å². The highest BCUT2D eigenvalue weighted by atomic mass is 32.1. The molecule has 8 heteroatoms. The molecular weight excluding hydrogens is 318 g/mol. The first-order valence-electron chi connectivity index (χ1n) is 7.06. The molecule has 0 unspecified atom stereocenters. The van der Waals surface area contributed by atoms with Gasteiger partial charge in [0.2, 0.25) is 5.88 Å². The van der Waals surface area contributed by atoms with E-state index in [1.807, 2.05) is 37.3 Å². The van der Waals surface area contributed by atoms with E-state index < -0.39 is 12.0 Å². The van der Waals surface area contributed by atoms with Crippen LogP contribution in [0.25, 0.3) is 0 Å². The predicted octanol–water partition coefficient (Wildman–Crippen LogP) is 2.95. The lowest BCUT2D eigenvalue weighted by Crippen LogP contribution is -2.28. The van der Waals surface area contributed by atoms with Crippen LogP contribution in [0.3, 0.4) is 0 Å². The van der Waals surface area contributed by atoms with Crippen LogP contribution in [0, 0.1) is 0 Å². The maximum Gasteiger partial charge on any atom is 0.344 e. The number of carboxylic acids is 1. The van der Waals surface area contributed by atoms with Gasteiger partial charge in [0.25, 0.3) is 0 Å². The Hall–Kier alpha value is -2.61. The quantitative estimate of drug-likeness (QED) is 0.722. The molecule has 2 aromatic rings. The average Bonchev–Trinajstić information content (AvgIpc) is 2.94. The molecule has 0 aliphatic rings. The number of hydrogen-bond acceptors (Lipinski definition) is 5. The molecule has 3 N–H and O–H groups in total. The second-order valence-electron chi connectivity index (χ2n) is 4.64. The fourth-order valence-electron chi connectivity index (χ4n) is 1.77. The third-order valence-electron chi connectivity index (χ3n) is 2.84. The number of aromatic carboxylic acids is 1. The van der Waals surface area contributed by atoms with Gasteiger partial charge in [-0.15, -0.1) is 0 Å². The molecule has 0 saturated carbocycles. The van der Waals surface area contributed by atoms with Crippen molar-refractivity contribution in [2.24, 2.45) is 0 Å². The lowest BCUT2D eigenvalue weighted by Gasteiger charge is -2.07. The third kappa shape index (κ3) is 4.68. The van der Waals surface area contributed by atoms with Crippen LogP contribution < -0.4 is 15.4 Å². The number of carbonyl (C=O) groups excluding carboxylic acids is 1. The number of nitrogens with zero attached hydrogens (tertiary/aromatic N) is 1. The Kier molecular flexibility index (Phi) is 5.93. The van der Waals surface area contributed by atoms with Crippen LogP contribution in [0.2, 0.25) is 0 Å². The summed E-state index contributed by atoms with van der Waals surface area (Å²) in [6, 6.07) is 8.90. The number of aromatic nitrogens is 1. The summed E-state index contributed by atoms with van der Waals surface area (Å²) in [6.07, 6.45) is 0.733. The summed E-state index contributed by atoms with van der Waals surface area (Å²) >= 11 is 0.877. The number of nitrogens with one attached hydrogen (secondary N) is 2. The van der Waals surface area contributed by atoms with Gasteiger partial charge in [-0.05, 0) is 23.5 Å². The third-order valence-corrected chi connectivity index (χ3v) is 3.59. The fraction of sp³-hybridized carbons (Fsp3) is 0.267. The molecule has 1 heterocycles. The van der Waals surface area contributed by atoms with Crippen LogP contribution in [-0.2, 0) is 6.54 Å². The minimum Gasteiger partial charge on any atom is -0.477 e. The second-order valence-corrected chi connectivity index (χ2v) is 5.41.